The Bertz CT molecular complexity index is 992. The summed E-state index contributed by atoms with van der Waals surface area (Å²) in [5.41, 5.74) is 1.13. The summed E-state index contributed by atoms with van der Waals surface area (Å²) in [6, 6.07) is 12.9. The summed E-state index contributed by atoms with van der Waals surface area (Å²) in [6.07, 6.45) is 8.03. The van der Waals surface area contributed by atoms with Crippen molar-refractivity contribution in [3.05, 3.63) is 52.6 Å². The van der Waals surface area contributed by atoms with E-state index in [1.54, 1.807) is 11.3 Å². The van der Waals surface area contributed by atoms with E-state index in [1.807, 2.05) is 24.3 Å². The highest BCUT2D eigenvalue weighted by Crippen LogP contribution is 2.36. The molecule has 2 fully saturated rings. The van der Waals surface area contributed by atoms with Crippen LogP contribution < -0.4 is 5.56 Å². The molecule has 0 bridgehead atoms. The van der Waals surface area contributed by atoms with E-state index < -0.39 is 0 Å². The number of piperidine rings is 1. The van der Waals surface area contributed by atoms with Crippen LogP contribution in [0.5, 0.6) is 0 Å². The van der Waals surface area contributed by atoms with Gasteiger partial charge in [0.15, 0.2) is 0 Å². The van der Waals surface area contributed by atoms with Gasteiger partial charge in [-0.25, -0.2) is 4.98 Å². The maximum Gasteiger partial charge on any atom is 0.259 e. The Labute approximate surface area is 163 Å². The number of fused-ring (bicyclic) bond motifs is 2. The van der Waals surface area contributed by atoms with Gasteiger partial charge in [-0.15, -0.1) is 11.3 Å². The van der Waals surface area contributed by atoms with Crippen LogP contribution in [0.1, 0.15) is 44.3 Å². The molecule has 5 heteroatoms. The molecule has 0 radical (unpaired) electrons. The third kappa shape index (κ3) is 3.34. The van der Waals surface area contributed by atoms with Gasteiger partial charge in [-0.05, 0) is 49.8 Å². The minimum Gasteiger partial charge on any atom is -0.309 e. The van der Waals surface area contributed by atoms with Crippen LogP contribution in [0.2, 0.25) is 0 Å². The lowest BCUT2D eigenvalue weighted by Crippen LogP contribution is -2.46. The number of aromatic nitrogens is 2. The molecule has 0 unspecified atom stereocenters. The molecule has 1 saturated heterocycles. The summed E-state index contributed by atoms with van der Waals surface area (Å²) >= 11 is 1.61. The predicted octanol–water partition coefficient (Wildman–Crippen LogP) is 4.81. The number of likely N-dealkylation sites (tertiary alicyclic amines) is 1. The molecule has 3 heterocycles. The Morgan fingerprint density at radius 3 is 2.81 bits per heavy atom. The number of rotatable bonds is 3. The number of nitrogens with zero attached hydrogens (tertiary/aromatic N) is 2. The number of H-pyrrole nitrogens is 1. The van der Waals surface area contributed by atoms with Crippen molar-refractivity contribution in [1.29, 1.82) is 0 Å². The molecule has 140 valence electrons. The Kier molecular flexibility index (Phi) is 4.58. The molecule has 1 aliphatic heterocycles. The normalized spacial score (nSPS) is 23.4. The molecule has 3 aromatic rings. The van der Waals surface area contributed by atoms with Gasteiger partial charge < -0.3 is 4.98 Å². The van der Waals surface area contributed by atoms with Crippen molar-refractivity contribution in [3.63, 3.8) is 0 Å². The van der Waals surface area contributed by atoms with Gasteiger partial charge >= 0.3 is 0 Å². The van der Waals surface area contributed by atoms with Crippen LogP contribution in [-0.2, 0) is 6.54 Å². The fraction of sp³-hybridized carbons (Fsp3) is 0.455. The van der Waals surface area contributed by atoms with Gasteiger partial charge in [0.1, 0.15) is 10.7 Å². The highest BCUT2D eigenvalue weighted by atomic mass is 32.1. The monoisotopic (exact) mass is 379 g/mol. The third-order valence-corrected chi connectivity index (χ3v) is 7.30. The van der Waals surface area contributed by atoms with E-state index in [1.165, 1.54) is 38.5 Å². The van der Waals surface area contributed by atoms with Gasteiger partial charge in [0.2, 0.25) is 0 Å². The van der Waals surface area contributed by atoms with E-state index in [-0.39, 0.29) is 5.56 Å². The summed E-state index contributed by atoms with van der Waals surface area (Å²) < 4.78 is 0. The summed E-state index contributed by atoms with van der Waals surface area (Å²) in [6.45, 7) is 1.90. The van der Waals surface area contributed by atoms with Crippen molar-refractivity contribution in [2.75, 3.05) is 6.54 Å². The number of nitrogens with one attached hydrogen (secondary N) is 1. The van der Waals surface area contributed by atoms with Crippen molar-refractivity contribution < 1.29 is 0 Å². The molecular weight excluding hydrogens is 354 g/mol. The smallest absolute Gasteiger partial charge is 0.259 e. The predicted molar refractivity (Wildman–Crippen MR) is 111 cm³/mol. The molecule has 1 aromatic carbocycles. The van der Waals surface area contributed by atoms with Crippen LogP contribution in [0.25, 0.3) is 20.7 Å². The fourth-order valence-electron chi connectivity index (χ4n) is 4.91. The van der Waals surface area contributed by atoms with E-state index >= 15 is 0 Å². The number of benzene rings is 1. The molecule has 0 amide bonds. The first-order chi connectivity index (χ1) is 13.3. The van der Waals surface area contributed by atoms with Crippen LogP contribution >= 0.6 is 11.3 Å². The zero-order chi connectivity index (χ0) is 18.2. The maximum atomic E-state index is 12.7. The SMILES string of the molecule is O=c1[nH]c(CN2CCC[C@H]3CCCC[C@@H]32)nc2sc(-c3ccccc3)cc12. The van der Waals surface area contributed by atoms with E-state index in [0.717, 1.165) is 40.1 Å². The largest absolute Gasteiger partial charge is 0.309 e. The Hall–Kier alpha value is -1.98. The minimum absolute atomic E-state index is 0.00867. The first kappa shape index (κ1) is 17.1. The van der Waals surface area contributed by atoms with Crippen LogP contribution in [0.3, 0.4) is 0 Å². The van der Waals surface area contributed by atoms with Gasteiger partial charge in [0.05, 0.1) is 11.9 Å². The zero-order valence-corrected chi connectivity index (χ0v) is 16.3. The molecule has 1 N–H and O–H groups in total. The topological polar surface area (TPSA) is 49.0 Å². The molecule has 2 aliphatic rings. The van der Waals surface area contributed by atoms with Crippen molar-refractivity contribution >= 4 is 21.6 Å². The van der Waals surface area contributed by atoms with Crippen LogP contribution in [0.15, 0.2) is 41.2 Å². The average Bonchev–Trinajstić information content (AvgIpc) is 3.14. The van der Waals surface area contributed by atoms with Gasteiger partial charge in [-0.3, -0.25) is 9.69 Å². The first-order valence-corrected chi connectivity index (χ1v) is 10.9. The highest BCUT2D eigenvalue weighted by molar-refractivity contribution is 7.21. The zero-order valence-electron chi connectivity index (χ0n) is 15.5. The standard InChI is InChI=1S/C22H25N3OS/c26-21-17-13-19(16-8-2-1-3-9-16)27-22(17)24-20(23-21)14-25-12-6-10-15-7-4-5-11-18(15)25/h1-3,8-9,13,15,18H,4-7,10-12,14H2,(H,23,24,26)/t15-,18+/m1/s1. The van der Waals surface area contributed by atoms with Crippen molar-refractivity contribution in [3.8, 4) is 10.4 Å². The molecule has 4 nitrogen and oxygen atoms in total. The van der Waals surface area contributed by atoms with Gasteiger partial charge in [-0.2, -0.15) is 0 Å². The van der Waals surface area contributed by atoms with E-state index in [4.69, 9.17) is 4.98 Å². The second-order valence-corrected chi connectivity index (χ2v) is 8.96. The number of aromatic amines is 1. The summed E-state index contributed by atoms with van der Waals surface area (Å²) in [7, 11) is 0. The molecular formula is C22H25N3OS. The van der Waals surface area contributed by atoms with Crippen LogP contribution in [0.4, 0.5) is 0 Å². The van der Waals surface area contributed by atoms with E-state index in [9.17, 15) is 4.79 Å². The molecule has 2 aromatic heterocycles. The molecule has 27 heavy (non-hydrogen) atoms. The van der Waals surface area contributed by atoms with Crippen molar-refractivity contribution in [2.24, 2.45) is 5.92 Å². The summed E-state index contributed by atoms with van der Waals surface area (Å²) in [5.74, 6) is 1.66. The maximum absolute atomic E-state index is 12.7. The first-order valence-electron chi connectivity index (χ1n) is 10.1. The molecule has 2 atom stereocenters. The Balaban J connectivity index is 1.45. The number of hydrogen-bond donors (Lipinski definition) is 1. The molecule has 0 spiro atoms. The quantitative estimate of drug-likeness (QED) is 0.711. The van der Waals surface area contributed by atoms with Crippen molar-refractivity contribution in [1.82, 2.24) is 14.9 Å². The van der Waals surface area contributed by atoms with Crippen LogP contribution in [-0.4, -0.2) is 27.5 Å². The summed E-state index contributed by atoms with van der Waals surface area (Å²) in [4.78, 5) is 25.1. The summed E-state index contributed by atoms with van der Waals surface area (Å²) in [5, 5.41) is 0.705. The lowest BCUT2D eigenvalue weighted by molar-refractivity contribution is 0.0527. The second kappa shape index (κ2) is 7.21. The van der Waals surface area contributed by atoms with E-state index in [0.29, 0.717) is 11.4 Å². The van der Waals surface area contributed by atoms with E-state index in [2.05, 4.69) is 22.0 Å². The number of thiophene rings is 1. The molecule has 1 saturated carbocycles. The third-order valence-electron chi connectivity index (χ3n) is 6.22. The van der Waals surface area contributed by atoms with Gasteiger partial charge in [0, 0.05) is 10.9 Å². The molecule has 5 rings (SSSR count). The van der Waals surface area contributed by atoms with Crippen LogP contribution in [0, 0.1) is 5.92 Å². The fourth-order valence-corrected chi connectivity index (χ4v) is 5.97. The molecule has 1 aliphatic carbocycles. The average molecular weight is 380 g/mol. The second-order valence-electron chi connectivity index (χ2n) is 7.93. The Morgan fingerprint density at radius 1 is 1.11 bits per heavy atom. The Morgan fingerprint density at radius 2 is 1.93 bits per heavy atom. The lowest BCUT2D eigenvalue weighted by Gasteiger charge is -2.43. The number of hydrogen-bond acceptors (Lipinski definition) is 4. The van der Waals surface area contributed by atoms with Gasteiger partial charge in [0.25, 0.3) is 5.56 Å². The minimum atomic E-state index is -0.00867. The lowest BCUT2D eigenvalue weighted by atomic mass is 9.78. The van der Waals surface area contributed by atoms with Gasteiger partial charge in [-0.1, -0.05) is 43.2 Å². The highest BCUT2D eigenvalue weighted by Gasteiger charge is 2.33. The van der Waals surface area contributed by atoms with Crippen molar-refractivity contribution in [2.45, 2.75) is 51.1 Å².